The molecule has 0 atom stereocenters. The van der Waals surface area contributed by atoms with E-state index in [2.05, 4.69) is 27.3 Å². The average Bonchev–Trinajstić information content (AvgIpc) is 2.61. The van der Waals surface area contributed by atoms with Gasteiger partial charge in [0.1, 0.15) is 0 Å². The molecule has 0 radical (unpaired) electrons. The first-order valence-corrected chi connectivity index (χ1v) is 8.99. The van der Waals surface area contributed by atoms with Crippen LogP contribution in [0, 0.1) is 8.30 Å². The monoisotopic (exact) mass is 401 g/mol. The summed E-state index contributed by atoms with van der Waals surface area (Å²) in [5.41, 5.74) is 0.318. The van der Waals surface area contributed by atoms with Crippen molar-refractivity contribution in [3.63, 3.8) is 0 Å². The van der Waals surface area contributed by atoms with Crippen molar-refractivity contribution in [2.75, 3.05) is 5.75 Å². The Balaban J connectivity index is 2.64. The smallest absolute Gasteiger partial charge is 0.265 e. The summed E-state index contributed by atoms with van der Waals surface area (Å²) >= 11 is 3.49. The zero-order valence-corrected chi connectivity index (χ0v) is 14.3. The van der Waals surface area contributed by atoms with Gasteiger partial charge in [0.05, 0.1) is 14.2 Å². The largest absolute Gasteiger partial charge is 0.268 e. The van der Waals surface area contributed by atoms with Crippen LogP contribution in [0.2, 0.25) is 0 Å². The SMILES string of the molecule is CC(C)(C)CCS(=O)(=O)NC(=O)c1csc(I)c1. The number of nitrogens with one attached hydrogen (secondary N) is 1. The molecule has 0 aliphatic rings. The molecule has 0 spiro atoms. The summed E-state index contributed by atoms with van der Waals surface area (Å²) in [5, 5.41) is 1.65. The van der Waals surface area contributed by atoms with Crippen LogP contribution in [0.3, 0.4) is 0 Å². The maximum atomic E-state index is 11.7. The molecule has 0 unspecified atom stereocenters. The van der Waals surface area contributed by atoms with Crippen LogP contribution in [-0.2, 0) is 10.0 Å². The highest BCUT2D eigenvalue weighted by Gasteiger charge is 2.20. The third-order valence-electron chi connectivity index (χ3n) is 2.20. The van der Waals surface area contributed by atoms with Crippen LogP contribution in [0.25, 0.3) is 0 Å². The van der Waals surface area contributed by atoms with E-state index >= 15 is 0 Å². The van der Waals surface area contributed by atoms with Crippen molar-refractivity contribution in [1.82, 2.24) is 4.72 Å². The summed E-state index contributed by atoms with van der Waals surface area (Å²) in [6, 6.07) is 1.67. The summed E-state index contributed by atoms with van der Waals surface area (Å²) in [5.74, 6) is -0.591. The van der Waals surface area contributed by atoms with Crippen LogP contribution < -0.4 is 4.72 Å². The van der Waals surface area contributed by atoms with Gasteiger partial charge < -0.3 is 0 Å². The summed E-state index contributed by atoms with van der Waals surface area (Å²) in [4.78, 5) is 11.7. The zero-order valence-electron chi connectivity index (χ0n) is 10.5. The molecule has 0 aromatic carbocycles. The van der Waals surface area contributed by atoms with E-state index in [0.29, 0.717) is 12.0 Å². The van der Waals surface area contributed by atoms with Crippen molar-refractivity contribution in [3.8, 4) is 0 Å². The molecule has 102 valence electrons. The second-order valence-electron chi connectivity index (χ2n) is 5.20. The van der Waals surface area contributed by atoms with Crippen LogP contribution in [0.15, 0.2) is 11.4 Å². The summed E-state index contributed by atoms with van der Waals surface area (Å²) in [6.07, 6.45) is 0.511. The van der Waals surface area contributed by atoms with Crippen molar-refractivity contribution in [3.05, 3.63) is 19.9 Å². The Labute approximate surface area is 125 Å². The van der Waals surface area contributed by atoms with Gasteiger partial charge in [0.25, 0.3) is 5.91 Å². The van der Waals surface area contributed by atoms with Crippen molar-refractivity contribution >= 4 is 49.9 Å². The van der Waals surface area contributed by atoms with Gasteiger partial charge in [-0.2, -0.15) is 0 Å². The minimum absolute atomic E-state index is 0.0382. The lowest BCUT2D eigenvalue weighted by atomic mass is 9.94. The van der Waals surface area contributed by atoms with Crippen LogP contribution in [-0.4, -0.2) is 20.1 Å². The lowest BCUT2D eigenvalue weighted by Crippen LogP contribution is -2.33. The van der Waals surface area contributed by atoms with Gasteiger partial charge in [-0.1, -0.05) is 20.8 Å². The normalized spacial score (nSPS) is 12.4. The van der Waals surface area contributed by atoms with Gasteiger partial charge in [-0.25, -0.2) is 13.1 Å². The fraction of sp³-hybridized carbons (Fsp3) is 0.545. The quantitative estimate of drug-likeness (QED) is 0.790. The van der Waals surface area contributed by atoms with Crippen LogP contribution in [0.1, 0.15) is 37.6 Å². The topological polar surface area (TPSA) is 63.2 Å². The van der Waals surface area contributed by atoms with Gasteiger partial charge in [-0.05, 0) is 40.5 Å². The predicted molar refractivity (Wildman–Crippen MR) is 82.4 cm³/mol. The molecule has 1 heterocycles. The van der Waals surface area contributed by atoms with Crippen molar-refractivity contribution in [2.24, 2.45) is 5.41 Å². The standard InChI is InChI=1S/C11H16INO3S2/c1-11(2,3)4-5-18(15,16)13-10(14)8-6-9(12)17-7-8/h6-7H,4-5H2,1-3H3,(H,13,14). The average molecular weight is 401 g/mol. The molecule has 4 nitrogen and oxygen atoms in total. The lowest BCUT2D eigenvalue weighted by molar-refractivity contribution is 0.0981. The number of hydrogen-bond acceptors (Lipinski definition) is 4. The predicted octanol–water partition coefficient (Wildman–Crippen LogP) is 2.85. The van der Waals surface area contributed by atoms with Gasteiger partial charge in [0, 0.05) is 5.38 Å². The highest BCUT2D eigenvalue weighted by molar-refractivity contribution is 14.1. The van der Waals surface area contributed by atoms with E-state index < -0.39 is 15.9 Å². The molecule has 1 aromatic rings. The van der Waals surface area contributed by atoms with Crippen molar-refractivity contribution in [1.29, 1.82) is 0 Å². The van der Waals surface area contributed by atoms with E-state index in [1.165, 1.54) is 11.3 Å². The Morgan fingerprint density at radius 1 is 1.44 bits per heavy atom. The number of thiophene rings is 1. The first kappa shape index (κ1) is 15.9. The van der Waals surface area contributed by atoms with Gasteiger partial charge in [-0.15, -0.1) is 11.3 Å². The molecule has 7 heteroatoms. The zero-order chi connectivity index (χ0) is 14.0. The Kier molecular flexibility index (Phi) is 5.19. The Hall–Kier alpha value is -0.150. The number of sulfonamides is 1. The third kappa shape index (κ3) is 5.66. The molecule has 0 fully saturated rings. The van der Waals surface area contributed by atoms with E-state index in [9.17, 15) is 13.2 Å². The van der Waals surface area contributed by atoms with E-state index in [0.717, 1.165) is 2.88 Å². The van der Waals surface area contributed by atoms with E-state index in [1.54, 1.807) is 11.4 Å². The minimum atomic E-state index is -3.55. The molecule has 1 aromatic heterocycles. The number of carbonyl (C=O) groups excluding carboxylic acids is 1. The molecule has 18 heavy (non-hydrogen) atoms. The van der Waals surface area contributed by atoms with Crippen LogP contribution in [0.5, 0.6) is 0 Å². The van der Waals surface area contributed by atoms with E-state index in [1.807, 2.05) is 20.8 Å². The van der Waals surface area contributed by atoms with Crippen LogP contribution >= 0.6 is 33.9 Å². The molecule has 0 saturated carbocycles. The van der Waals surface area contributed by atoms with Gasteiger partial charge in [0.2, 0.25) is 10.0 Å². The third-order valence-corrected chi connectivity index (χ3v) is 5.23. The first-order chi connectivity index (χ1) is 8.09. The van der Waals surface area contributed by atoms with Crippen molar-refractivity contribution < 1.29 is 13.2 Å². The van der Waals surface area contributed by atoms with E-state index in [-0.39, 0.29) is 11.2 Å². The molecule has 0 aliphatic heterocycles. The summed E-state index contributed by atoms with van der Waals surface area (Å²) < 4.78 is 26.5. The van der Waals surface area contributed by atoms with Gasteiger partial charge in [0.15, 0.2) is 0 Å². The molecule has 0 bridgehead atoms. The molecule has 1 N–H and O–H groups in total. The Morgan fingerprint density at radius 3 is 2.50 bits per heavy atom. The summed E-state index contributed by atoms with van der Waals surface area (Å²) in [7, 11) is -3.55. The molecule has 0 saturated heterocycles. The first-order valence-electron chi connectivity index (χ1n) is 5.38. The Morgan fingerprint density at radius 2 is 2.06 bits per heavy atom. The van der Waals surface area contributed by atoms with Gasteiger partial charge in [-0.3, -0.25) is 4.79 Å². The summed E-state index contributed by atoms with van der Waals surface area (Å²) in [6.45, 7) is 5.89. The molecular weight excluding hydrogens is 385 g/mol. The lowest BCUT2D eigenvalue weighted by Gasteiger charge is -2.17. The number of hydrogen-bond donors (Lipinski definition) is 1. The fourth-order valence-electron chi connectivity index (χ4n) is 1.12. The maximum absolute atomic E-state index is 11.7. The number of rotatable bonds is 4. The minimum Gasteiger partial charge on any atom is -0.268 e. The Bertz CT molecular complexity index is 529. The number of carbonyl (C=O) groups is 1. The molecule has 1 amide bonds. The molecule has 1 rings (SSSR count). The number of halogens is 1. The van der Waals surface area contributed by atoms with Crippen LogP contribution in [0.4, 0.5) is 0 Å². The molecule has 0 aliphatic carbocycles. The molecular formula is C11H16INO3S2. The highest BCUT2D eigenvalue weighted by atomic mass is 127. The van der Waals surface area contributed by atoms with Crippen molar-refractivity contribution in [2.45, 2.75) is 27.2 Å². The second-order valence-corrected chi connectivity index (χ2v) is 9.85. The van der Waals surface area contributed by atoms with Gasteiger partial charge >= 0.3 is 0 Å². The second kappa shape index (κ2) is 5.87. The maximum Gasteiger partial charge on any atom is 0.265 e. The highest BCUT2D eigenvalue weighted by Crippen LogP contribution is 2.19. The van der Waals surface area contributed by atoms with E-state index in [4.69, 9.17) is 0 Å². The number of amides is 1. The fourth-order valence-corrected chi connectivity index (χ4v) is 3.83.